The number of carbonyl (C=O) groups excluding carboxylic acids is 3. The summed E-state index contributed by atoms with van der Waals surface area (Å²) in [6.45, 7) is 1.59. The number of benzene rings is 1. The SMILES string of the molecule is Cc1ccc(C2(C(N)=O)CC(=O)CC(=O)C2)cc1F. The van der Waals surface area contributed by atoms with Crippen LogP contribution >= 0.6 is 0 Å². The standard InChI is InChI=1S/C14H14FNO3/c1-8-2-3-9(4-12(8)15)14(13(16)19)6-10(17)5-11(18)7-14/h2-4H,5-7H2,1H3,(H2,16,19). The van der Waals surface area contributed by atoms with Crippen molar-refractivity contribution in [1.82, 2.24) is 0 Å². The van der Waals surface area contributed by atoms with E-state index < -0.39 is 17.1 Å². The van der Waals surface area contributed by atoms with Crippen molar-refractivity contribution in [3.63, 3.8) is 0 Å². The number of rotatable bonds is 2. The van der Waals surface area contributed by atoms with E-state index in [2.05, 4.69) is 0 Å². The molecule has 0 heterocycles. The zero-order chi connectivity index (χ0) is 14.2. The third-order valence-electron chi connectivity index (χ3n) is 3.59. The molecular weight excluding hydrogens is 249 g/mol. The largest absolute Gasteiger partial charge is 0.369 e. The molecule has 5 heteroatoms. The minimum absolute atomic E-state index is 0.142. The first-order valence-electron chi connectivity index (χ1n) is 5.95. The van der Waals surface area contributed by atoms with Gasteiger partial charge in [0.2, 0.25) is 5.91 Å². The lowest BCUT2D eigenvalue weighted by Gasteiger charge is -2.33. The highest BCUT2D eigenvalue weighted by atomic mass is 19.1. The summed E-state index contributed by atoms with van der Waals surface area (Å²) in [7, 11) is 0. The summed E-state index contributed by atoms with van der Waals surface area (Å²) in [6.07, 6.45) is -0.462. The number of Topliss-reactive ketones (excluding diaryl/α,β-unsaturated/α-hetero) is 2. The van der Waals surface area contributed by atoms with Crippen LogP contribution in [0, 0.1) is 12.7 Å². The maximum Gasteiger partial charge on any atom is 0.228 e. The Hall–Kier alpha value is -2.04. The number of nitrogens with two attached hydrogens (primary N) is 1. The molecule has 0 aromatic heterocycles. The molecule has 4 nitrogen and oxygen atoms in total. The molecule has 1 fully saturated rings. The smallest absolute Gasteiger partial charge is 0.228 e. The van der Waals surface area contributed by atoms with E-state index in [1.165, 1.54) is 12.1 Å². The molecule has 1 aromatic rings. The number of aryl methyl sites for hydroxylation is 1. The molecule has 1 aromatic carbocycles. The number of hydrogen-bond acceptors (Lipinski definition) is 3. The Kier molecular flexibility index (Phi) is 3.22. The number of ketones is 2. The highest BCUT2D eigenvalue weighted by molar-refractivity contribution is 6.08. The van der Waals surface area contributed by atoms with Gasteiger partial charge < -0.3 is 5.73 Å². The second-order valence-electron chi connectivity index (χ2n) is 5.02. The van der Waals surface area contributed by atoms with Gasteiger partial charge in [-0.15, -0.1) is 0 Å². The molecule has 1 amide bonds. The fraction of sp³-hybridized carbons (Fsp3) is 0.357. The molecule has 0 radical (unpaired) electrons. The second kappa shape index (κ2) is 4.57. The fourth-order valence-corrected chi connectivity index (χ4v) is 2.49. The van der Waals surface area contributed by atoms with E-state index in [1.807, 2.05) is 0 Å². The summed E-state index contributed by atoms with van der Waals surface area (Å²) in [6, 6.07) is 4.25. The Labute approximate surface area is 109 Å². The van der Waals surface area contributed by atoms with Gasteiger partial charge in [-0.25, -0.2) is 4.39 Å². The van der Waals surface area contributed by atoms with Crippen LogP contribution < -0.4 is 5.73 Å². The Morgan fingerprint density at radius 3 is 2.32 bits per heavy atom. The molecule has 0 spiro atoms. The van der Waals surface area contributed by atoms with E-state index in [0.29, 0.717) is 11.1 Å². The molecule has 100 valence electrons. The number of primary amides is 1. The summed E-state index contributed by atoms with van der Waals surface area (Å²) < 4.78 is 13.6. The summed E-state index contributed by atoms with van der Waals surface area (Å²) in [5, 5.41) is 0. The van der Waals surface area contributed by atoms with Crippen molar-refractivity contribution >= 4 is 17.5 Å². The Morgan fingerprint density at radius 2 is 1.84 bits per heavy atom. The highest BCUT2D eigenvalue weighted by Gasteiger charge is 2.46. The van der Waals surface area contributed by atoms with Crippen molar-refractivity contribution in [3.8, 4) is 0 Å². The minimum atomic E-state index is -1.40. The third-order valence-corrected chi connectivity index (χ3v) is 3.59. The molecule has 0 saturated heterocycles. The van der Waals surface area contributed by atoms with Crippen LogP contribution in [0.4, 0.5) is 4.39 Å². The van der Waals surface area contributed by atoms with Gasteiger partial charge in [-0.2, -0.15) is 0 Å². The van der Waals surface area contributed by atoms with Crippen LogP contribution in [0.3, 0.4) is 0 Å². The van der Waals surface area contributed by atoms with Crippen LogP contribution in [0.5, 0.6) is 0 Å². The first kappa shape index (κ1) is 13.4. The Morgan fingerprint density at radius 1 is 1.26 bits per heavy atom. The van der Waals surface area contributed by atoms with Gasteiger partial charge in [0.05, 0.1) is 11.8 Å². The predicted molar refractivity (Wildman–Crippen MR) is 65.9 cm³/mol. The second-order valence-corrected chi connectivity index (χ2v) is 5.02. The molecule has 19 heavy (non-hydrogen) atoms. The van der Waals surface area contributed by atoms with Gasteiger partial charge in [0, 0.05) is 12.8 Å². The maximum atomic E-state index is 13.6. The van der Waals surface area contributed by atoms with E-state index in [1.54, 1.807) is 13.0 Å². The van der Waals surface area contributed by atoms with Crippen molar-refractivity contribution in [2.24, 2.45) is 5.73 Å². The topological polar surface area (TPSA) is 77.2 Å². The molecule has 1 saturated carbocycles. The molecule has 1 aliphatic carbocycles. The van der Waals surface area contributed by atoms with Crippen LogP contribution in [0.25, 0.3) is 0 Å². The highest BCUT2D eigenvalue weighted by Crippen LogP contribution is 2.37. The zero-order valence-electron chi connectivity index (χ0n) is 10.5. The molecule has 0 unspecified atom stereocenters. The van der Waals surface area contributed by atoms with Crippen molar-refractivity contribution in [2.75, 3.05) is 0 Å². The van der Waals surface area contributed by atoms with Gasteiger partial charge in [0.1, 0.15) is 17.4 Å². The lowest BCUT2D eigenvalue weighted by Crippen LogP contribution is -2.47. The average Bonchev–Trinajstić information content (AvgIpc) is 2.31. The van der Waals surface area contributed by atoms with E-state index in [0.717, 1.165) is 0 Å². The zero-order valence-corrected chi connectivity index (χ0v) is 10.5. The van der Waals surface area contributed by atoms with Crippen LogP contribution in [0.1, 0.15) is 30.4 Å². The average molecular weight is 263 g/mol. The number of amides is 1. The van der Waals surface area contributed by atoms with Crippen LogP contribution in [-0.2, 0) is 19.8 Å². The molecule has 2 rings (SSSR count). The van der Waals surface area contributed by atoms with Crippen LogP contribution in [-0.4, -0.2) is 17.5 Å². The van der Waals surface area contributed by atoms with Gasteiger partial charge in [-0.3, -0.25) is 14.4 Å². The third kappa shape index (κ3) is 2.28. The van der Waals surface area contributed by atoms with Gasteiger partial charge in [-0.05, 0) is 24.1 Å². The quantitative estimate of drug-likeness (QED) is 0.814. The number of halogens is 1. The minimum Gasteiger partial charge on any atom is -0.369 e. The molecule has 0 atom stereocenters. The molecule has 1 aliphatic rings. The molecule has 0 aliphatic heterocycles. The van der Waals surface area contributed by atoms with Gasteiger partial charge in [-0.1, -0.05) is 12.1 Å². The van der Waals surface area contributed by atoms with Crippen molar-refractivity contribution in [2.45, 2.75) is 31.6 Å². The first-order chi connectivity index (χ1) is 8.85. The Bertz CT molecular complexity index is 564. The molecule has 2 N–H and O–H groups in total. The van der Waals surface area contributed by atoms with Gasteiger partial charge in [0.15, 0.2) is 0 Å². The molecular formula is C14H14FNO3. The molecule has 0 bridgehead atoms. The lowest BCUT2D eigenvalue weighted by molar-refractivity contribution is -0.138. The Balaban J connectivity index is 2.55. The van der Waals surface area contributed by atoms with Crippen LogP contribution in [0.2, 0.25) is 0 Å². The van der Waals surface area contributed by atoms with Crippen molar-refractivity contribution < 1.29 is 18.8 Å². The van der Waals surface area contributed by atoms with Crippen molar-refractivity contribution in [1.29, 1.82) is 0 Å². The predicted octanol–water partition coefficient (Wildman–Crippen LogP) is 1.18. The summed E-state index contributed by atoms with van der Waals surface area (Å²) in [5.41, 5.74) is 4.70. The summed E-state index contributed by atoms with van der Waals surface area (Å²) >= 11 is 0. The lowest BCUT2D eigenvalue weighted by atomic mass is 9.68. The van der Waals surface area contributed by atoms with Gasteiger partial charge >= 0.3 is 0 Å². The van der Waals surface area contributed by atoms with Gasteiger partial charge in [0.25, 0.3) is 0 Å². The maximum absolute atomic E-state index is 13.6. The monoisotopic (exact) mass is 263 g/mol. The normalized spacial score (nSPS) is 18.4. The van der Waals surface area contributed by atoms with E-state index >= 15 is 0 Å². The number of hydrogen-bond donors (Lipinski definition) is 1. The van der Waals surface area contributed by atoms with E-state index in [4.69, 9.17) is 5.73 Å². The van der Waals surface area contributed by atoms with Crippen LogP contribution in [0.15, 0.2) is 18.2 Å². The summed E-state index contributed by atoms with van der Waals surface area (Å²) in [4.78, 5) is 35.0. The van der Waals surface area contributed by atoms with Crippen molar-refractivity contribution in [3.05, 3.63) is 35.1 Å². The van der Waals surface area contributed by atoms with E-state index in [-0.39, 0.29) is 30.8 Å². The first-order valence-corrected chi connectivity index (χ1v) is 5.95. The fourth-order valence-electron chi connectivity index (χ4n) is 2.49. The number of carbonyl (C=O) groups is 3. The summed E-state index contributed by atoms with van der Waals surface area (Å²) in [5.74, 6) is -1.92. The van der Waals surface area contributed by atoms with E-state index in [9.17, 15) is 18.8 Å².